The van der Waals surface area contributed by atoms with Crippen LogP contribution in [0.3, 0.4) is 0 Å². The molecule has 0 fully saturated rings. The van der Waals surface area contributed by atoms with Gasteiger partial charge in [0.25, 0.3) is 11.8 Å². The molecular formula is C20H16Br2N4O4. The van der Waals surface area contributed by atoms with Crippen molar-refractivity contribution in [2.45, 2.75) is 0 Å². The lowest BCUT2D eigenvalue weighted by Crippen LogP contribution is -2.24. The fourth-order valence-electron chi connectivity index (χ4n) is 2.44. The summed E-state index contributed by atoms with van der Waals surface area (Å²) >= 11 is 6.92. The number of ether oxygens (including phenoxy) is 2. The lowest BCUT2D eigenvalue weighted by Gasteiger charge is -2.11. The predicted molar refractivity (Wildman–Crippen MR) is 120 cm³/mol. The first-order chi connectivity index (χ1) is 14.4. The van der Waals surface area contributed by atoms with Crippen LogP contribution in [-0.2, 0) is 9.59 Å². The summed E-state index contributed by atoms with van der Waals surface area (Å²) in [4.78, 5) is 27.1. The largest absolute Gasteiger partial charge is 0.484 e. The van der Waals surface area contributed by atoms with Gasteiger partial charge in [-0.25, -0.2) is 5.43 Å². The van der Waals surface area contributed by atoms with Crippen LogP contribution < -0.4 is 20.6 Å². The molecule has 10 heteroatoms. The van der Waals surface area contributed by atoms with E-state index >= 15 is 0 Å². The molecule has 8 nitrogen and oxygen atoms in total. The Kier molecular flexibility index (Phi) is 7.36. The van der Waals surface area contributed by atoms with E-state index in [4.69, 9.17) is 15.2 Å². The number of halogens is 2. The van der Waals surface area contributed by atoms with Crippen molar-refractivity contribution in [2.24, 2.45) is 10.8 Å². The fraction of sp³-hybridized carbons (Fsp3) is 0.100. The number of benzene rings is 2. The molecule has 0 unspecified atom stereocenters. The van der Waals surface area contributed by atoms with Crippen LogP contribution in [-0.4, -0.2) is 36.2 Å². The molecule has 1 aromatic heterocycles. The molecular weight excluding hydrogens is 520 g/mol. The summed E-state index contributed by atoms with van der Waals surface area (Å²) < 4.78 is 12.4. The van der Waals surface area contributed by atoms with Gasteiger partial charge in [0.05, 0.1) is 10.7 Å². The molecule has 0 bridgehead atoms. The molecule has 0 aliphatic heterocycles. The second kappa shape index (κ2) is 10.2. The van der Waals surface area contributed by atoms with Gasteiger partial charge in [-0.15, -0.1) is 0 Å². The molecule has 0 aliphatic carbocycles. The normalized spacial score (nSPS) is 10.9. The summed E-state index contributed by atoms with van der Waals surface area (Å²) in [5, 5.41) is 4.77. The minimum Gasteiger partial charge on any atom is -0.484 e. The lowest BCUT2D eigenvalue weighted by atomic mass is 10.2. The van der Waals surface area contributed by atoms with Crippen molar-refractivity contribution in [2.75, 3.05) is 13.2 Å². The molecule has 3 N–H and O–H groups in total. The third kappa shape index (κ3) is 5.77. The van der Waals surface area contributed by atoms with Gasteiger partial charge in [-0.2, -0.15) is 5.10 Å². The van der Waals surface area contributed by atoms with Gasteiger partial charge in [0.15, 0.2) is 19.0 Å². The van der Waals surface area contributed by atoms with Crippen molar-refractivity contribution >= 4 is 60.8 Å². The maximum Gasteiger partial charge on any atom is 0.277 e. The number of rotatable bonds is 8. The SMILES string of the molecule is NC(=O)COc1ccc(/C=N/NC(=O)COc2c(Br)cc(Br)c3cccnc23)cc1. The molecule has 1 heterocycles. The van der Waals surface area contributed by atoms with Crippen LogP contribution in [0, 0.1) is 0 Å². The van der Waals surface area contributed by atoms with Crippen molar-refractivity contribution in [3.8, 4) is 11.5 Å². The van der Waals surface area contributed by atoms with E-state index in [1.54, 1.807) is 30.5 Å². The number of carbonyl (C=O) groups excluding carboxylic acids is 2. The molecule has 0 atom stereocenters. The molecule has 2 amide bonds. The Hall–Kier alpha value is -2.98. The van der Waals surface area contributed by atoms with Crippen LogP contribution in [0.25, 0.3) is 10.9 Å². The van der Waals surface area contributed by atoms with E-state index in [0.29, 0.717) is 21.5 Å². The molecule has 0 spiro atoms. The Morgan fingerprint density at radius 2 is 1.87 bits per heavy atom. The van der Waals surface area contributed by atoms with Crippen molar-refractivity contribution in [1.29, 1.82) is 0 Å². The number of carbonyl (C=O) groups is 2. The predicted octanol–water partition coefficient (Wildman–Crippen LogP) is 3.15. The summed E-state index contributed by atoms with van der Waals surface area (Å²) in [7, 11) is 0. The van der Waals surface area contributed by atoms with Gasteiger partial charge in [0.1, 0.15) is 11.3 Å². The molecule has 0 saturated carbocycles. The van der Waals surface area contributed by atoms with Gasteiger partial charge >= 0.3 is 0 Å². The molecule has 30 heavy (non-hydrogen) atoms. The van der Waals surface area contributed by atoms with Crippen LogP contribution in [0.1, 0.15) is 5.56 Å². The van der Waals surface area contributed by atoms with Gasteiger partial charge in [0, 0.05) is 16.1 Å². The van der Waals surface area contributed by atoms with E-state index in [1.165, 1.54) is 6.21 Å². The number of primary amides is 1. The zero-order valence-electron chi connectivity index (χ0n) is 15.5. The molecule has 154 valence electrons. The minimum absolute atomic E-state index is 0.192. The highest BCUT2D eigenvalue weighted by Crippen LogP contribution is 2.37. The number of nitrogens with zero attached hydrogens (tertiary/aromatic N) is 2. The van der Waals surface area contributed by atoms with Crippen LogP contribution in [0.2, 0.25) is 0 Å². The van der Waals surface area contributed by atoms with E-state index in [0.717, 1.165) is 15.4 Å². The molecule has 0 aliphatic rings. The summed E-state index contributed by atoms with van der Waals surface area (Å²) in [5.41, 5.74) is 8.79. The molecule has 0 radical (unpaired) electrons. The number of hydrazone groups is 1. The molecule has 3 rings (SSSR count). The smallest absolute Gasteiger partial charge is 0.277 e. The van der Waals surface area contributed by atoms with Crippen LogP contribution >= 0.6 is 31.9 Å². The minimum atomic E-state index is -0.551. The summed E-state index contributed by atoms with van der Waals surface area (Å²) in [6.07, 6.45) is 3.13. The summed E-state index contributed by atoms with van der Waals surface area (Å²) in [6.45, 7) is -0.425. The topological polar surface area (TPSA) is 116 Å². The van der Waals surface area contributed by atoms with Crippen LogP contribution in [0.5, 0.6) is 11.5 Å². The highest BCUT2D eigenvalue weighted by atomic mass is 79.9. The number of hydrogen-bond donors (Lipinski definition) is 2. The first kappa shape index (κ1) is 21.7. The average molecular weight is 536 g/mol. The Bertz CT molecular complexity index is 1100. The molecule has 2 aromatic carbocycles. The lowest BCUT2D eigenvalue weighted by molar-refractivity contribution is -0.123. The van der Waals surface area contributed by atoms with Crippen molar-refractivity contribution in [3.05, 3.63) is 63.2 Å². The van der Waals surface area contributed by atoms with Crippen molar-refractivity contribution in [1.82, 2.24) is 10.4 Å². The highest BCUT2D eigenvalue weighted by molar-refractivity contribution is 9.11. The average Bonchev–Trinajstić information content (AvgIpc) is 2.73. The van der Waals surface area contributed by atoms with E-state index < -0.39 is 11.8 Å². The number of aromatic nitrogens is 1. The van der Waals surface area contributed by atoms with Gasteiger partial charge in [0.2, 0.25) is 0 Å². The number of nitrogens with two attached hydrogens (primary N) is 1. The standard InChI is InChI=1S/C20H16Br2N4O4/c21-15-8-16(22)20(19-14(15)2-1-7-24-19)30-11-18(28)26-25-9-12-3-5-13(6-4-12)29-10-17(23)27/h1-9H,10-11H2,(H2,23,27)(H,26,28)/b25-9+. The maximum absolute atomic E-state index is 12.1. The van der Waals surface area contributed by atoms with Gasteiger partial charge in [-0.3, -0.25) is 14.6 Å². The van der Waals surface area contributed by atoms with E-state index in [9.17, 15) is 9.59 Å². The van der Waals surface area contributed by atoms with E-state index in [2.05, 4.69) is 47.4 Å². The molecule has 0 saturated heterocycles. The first-order valence-corrected chi connectivity index (χ1v) is 10.2. The molecule has 3 aromatic rings. The van der Waals surface area contributed by atoms with Crippen molar-refractivity contribution < 1.29 is 19.1 Å². The Labute approximate surface area is 188 Å². The third-order valence-electron chi connectivity index (χ3n) is 3.76. The summed E-state index contributed by atoms with van der Waals surface area (Å²) in [6, 6.07) is 12.3. The number of fused-ring (bicyclic) bond motifs is 1. The first-order valence-electron chi connectivity index (χ1n) is 8.62. The van der Waals surface area contributed by atoms with E-state index in [1.807, 2.05) is 18.2 Å². The third-order valence-corrected chi connectivity index (χ3v) is 5.01. The number of hydrogen-bond acceptors (Lipinski definition) is 6. The number of pyridine rings is 1. The Morgan fingerprint density at radius 1 is 1.10 bits per heavy atom. The number of amides is 2. The second-order valence-corrected chi connectivity index (χ2v) is 7.68. The van der Waals surface area contributed by atoms with Crippen LogP contribution in [0.4, 0.5) is 0 Å². The summed E-state index contributed by atoms with van der Waals surface area (Å²) in [5.74, 6) is -0.000136. The highest BCUT2D eigenvalue weighted by Gasteiger charge is 2.13. The van der Waals surface area contributed by atoms with Crippen LogP contribution in [0.15, 0.2) is 62.7 Å². The quantitative estimate of drug-likeness (QED) is 0.339. The zero-order valence-corrected chi connectivity index (χ0v) is 18.6. The second-order valence-electron chi connectivity index (χ2n) is 5.97. The van der Waals surface area contributed by atoms with E-state index in [-0.39, 0.29) is 13.2 Å². The fourth-order valence-corrected chi connectivity index (χ4v) is 3.82. The van der Waals surface area contributed by atoms with Crippen molar-refractivity contribution in [3.63, 3.8) is 0 Å². The Morgan fingerprint density at radius 3 is 2.60 bits per heavy atom. The number of nitrogens with one attached hydrogen (secondary N) is 1. The zero-order chi connectivity index (χ0) is 21.5. The van der Waals surface area contributed by atoms with Gasteiger partial charge < -0.3 is 15.2 Å². The Balaban J connectivity index is 1.55. The maximum atomic E-state index is 12.1. The monoisotopic (exact) mass is 534 g/mol. The van der Waals surface area contributed by atoms with Gasteiger partial charge in [-0.1, -0.05) is 22.0 Å². The van der Waals surface area contributed by atoms with Gasteiger partial charge in [-0.05, 0) is 57.9 Å².